The SMILES string of the molecule is C=C(Cl)CNCC(=O)Nc1cccc(F)c1. The van der Waals surface area contributed by atoms with Gasteiger partial charge in [0.05, 0.1) is 6.54 Å². The van der Waals surface area contributed by atoms with Crippen LogP contribution in [0.4, 0.5) is 10.1 Å². The molecule has 0 fully saturated rings. The van der Waals surface area contributed by atoms with Crippen LogP contribution in [-0.2, 0) is 4.79 Å². The number of hydrogen-bond acceptors (Lipinski definition) is 2. The summed E-state index contributed by atoms with van der Waals surface area (Å²) in [6, 6.07) is 5.70. The maximum atomic E-state index is 12.8. The van der Waals surface area contributed by atoms with Crippen LogP contribution in [0.1, 0.15) is 0 Å². The Bertz CT molecular complexity index is 395. The Balaban J connectivity index is 2.37. The van der Waals surface area contributed by atoms with Gasteiger partial charge in [-0.2, -0.15) is 0 Å². The zero-order valence-electron chi connectivity index (χ0n) is 8.59. The Morgan fingerprint density at radius 3 is 2.81 bits per heavy atom. The zero-order chi connectivity index (χ0) is 12.0. The molecule has 5 heteroatoms. The van der Waals surface area contributed by atoms with Crippen molar-refractivity contribution in [1.82, 2.24) is 5.32 Å². The summed E-state index contributed by atoms with van der Waals surface area (Å²) in [5, 5.41) is 5.75. The maximum absolute atomic E-state index is 12.8. The van der Waals surface area contributed by atoms with Crippen molar-refractivity contribution in [3.8, 4) is 0 Å². The van der Waals surface area contributed by atoms with Crippen LogP contribution in [0, 0.1) is 5.82 Å². The van der Waals surface area contributed by atoms with Crippen molar-refractivity contribution in [3.05, 3.63) is 41.7 Å². The van der Waals surface area contributed by atoms with Gasteiger partial charge < -0.3 is 10.6 Å². The summed E-state index contributed by atoms with van der Waals surface area (Å²) in [6.07, 6.45) is 0. The molecule has 0 bridgehead atoms. The monoisotopic (exact) mass is 242 g/mol. The van der Waals surface area contributed by atoms with E-state index in [4.69, 9.17) is 11.6 Å². The lowest BCUT2D eigenvalue weighted by atomic mass is 10.3. The number of benzene rings is 1. The van der Waals surface area contributed by atoms with Crippen LogP contribution in [0.25, 0.3) is 0 Å². The Morgan fingerprint density at radius 1 is 1.44 bits per heavy atom. The minimum absolute atomic E-state index is 0.0995. The molecule has 0 aliphatic heterocycles. The number of halogens is 2. The minimum Gasteiger partial charge on any atom is -0.325 e. The summed E-state index contributed by atoms with van der Waals surface area (Å²) in [5.74, 6) is -0.650. The van der Waals surface area contributed by atoms with E-state index in [1.54, 1.807) is 6.07 Å². The topological polar surface area (TPSA) is 41.1 Å². The van der Waals surface area contributed by atoms with Crippen molar-refractivity contribution in [2.45, 2.75) is 0 Å². The predicted octanol–water partition coefficient (Wildman–Crippen LogP) is 2.11. The standard InChI is InChI=1S/C11H12ClFN2O/c1-8(12)6-14-7-11(16)15-10-4-2-3-9(13)5-10/h2-5,14H,1,6-7H2,(H,15,16). The van der Waals surface area contributed by atoms with Gasteiger partial charge in [0.25, 0.3) is 0 Å². The molecule has 2 N–H and O–H groups in total. The second-order valence-corrected chi connectivity index (χ2v) is 3.71. The fourth-order valence-electron chi connectivity index (χ4n) is 1.08. The third-order valence-corrected chi connectivity index (χ3v) is 1.84. The lowest BCUT2D eigenvalue weighted by molar-refractivity contribution is -0.115. The van der Waals surface area contributed by atoms with Crippen LogP contribution in [0.3, 0.4) is 0 Å². The molecule has 86 valence electrons. The molecule has 0 spiro atoms. The summed E-state index contributed by atoms with van der Waals surface area (Å²) in [5.41, 5.74) is 0.427. The summed E-state index contributed by atoms with van der Waals surface area (Å²) in [7, 11) is 0. The van der Waals surface area contributed by atoms with E-state index in [-0.39, 0.29) is 18.3 Å². The van der Waals surface area contributed by atoms with Gasteiger partial charge >= 0.3 is 0 Å². The molecule has 0 aliphatic rings. The van der Waals surface area contributed by atoms with Crippen LogP contribution in [-0.4, -0.2) is 19.0 Å². The summed E-state index contributed by atoms with van der Waals surface area (Å²) in [6.45, 7) is 3.93. The average molecular weight is 243 g/mol. The van der Waals surface area contributed by atoms with E-state index in [2.05, 4.69) is 17.2 Å². The molecular weight excluding hydrogens is 231 g/mol. The first kappa shape index (κ1) is 12.7. The molecule has 0 saturated heterocycles. The van der Waals surface area contributed by atoms with Gasteiger partial charge in [-0.3, -0.25) is 4.79 Å². The fourth-order valence-corrected chi connectivity index (χ4v) is 1.18. The van der Waals surface area contributed by atoms with E-state index in [0.717, 1.165) is 0 Å². The Kier molecular flexibility index (Phi) is 4.95. The molecule has 0 heterocycles. The number of carbonyl (C=O) groups is 1. The van der Waals surface area contributed by atoms with Gasteiger partial charge in [0.1, 0.15) is 5.82 Å². The molecule has 0 unspecified atom stereocenters. The lowest BCUT2D eigenvalue weighted by Gasteiger charge is -2.05. The van der Waals surface area contributed by atoms with E-state index in [0.29, 0.717) is 17.3 Å². The van der Waals surface area contributed by atoms with Crippen molar-refractivity contribution in [3.63, 3.8) is 0 Å². The van der Waals surface area contributed by atoms with Gasteiger partial charge in [-0.25, -0.2) is 4.39 Å². The lowest BCUT2D eigenvalue weighted by Crippen LogP contribution is -2.28. The first-order valence-electron chi connectivity index (χ1n) is 4.67. The molecule has 1 aromatic carbocycles. The number of nitrogens with one attached hydrogen (secondary N) is 2. The molecule has 16 heavy (non-hydrogen) atoms. The number of carbonyl (C=O) groups excluding carboxylic acids is 1. The number of rotatable bonds is 5. The molecule has 0 atom stereocenters. The quantitative estimate of drug-likeness (QED) is 0.830. The van der Waals surface area contributed by atoms with Crippen molar-refractivity contribution in [1.29, 1.82) is 0 Å². The van der Waals surface area contributed by atoms with Gasteiger partial charge in [0.2, 0.25) is 5.91 Å². The molecule has 3 nitrogen and oxygen atoms in total. The Morgan fingerprint density at radius 2 is 2.19 bits per heavy atom. The highest BCUT2D eigenvalue weighted by molar-refractivity contribution is 6.29. The maximum Gasteiger partial charge on any atom is 0.238 e. The smallest absolute Gasteiger partial charge is 0.238 e. The van der Waals surface area contributed by atoms with E-state index in [1.807, 2.05) is 0 Å². The van der Waals surface area contributed by atoms with Crippen molar-refractivity contribution >= 4 is 23.2 Å². The molecule has 0 saturated carbocycles. The van der Waals surface area contributed by atoms with Crippen molar-refractivity contribution < 1.29 is 9.18 Å². The largest absolute Gasteiger partial charge is 0.325 e. The molecular formula is C11H12ClFN2O. The third-order valence-electron chi connectivity index (χ3n) is 1.71. The fraction of sp³-hybridized carbons (Fsp3) is 0.182. The van der Waals surface area contributed by atoms with E-state index in [1.165, 1.54) is 18.2 Å². The van der Waals surface area contributed by atoms with Gasteiger partial charge in [0, 0.05) is 17.3 Å². The zero-order valence-corrected chi connectivity index (χ0v) is 9.35. The average Bonchev–Trinajstić information content (AvgIpc) is 2.16. The molecule has 0 radical (unpaired) electrons. The molecule has 0 aromatic heterocycles. The van der Waals surface area contributed by atoms with E-state index in [9.17, 15) is 9.18 Å². The normalized spacial score (nSPS) is 9.88. The molecule has 1 aromatic rings. The first-order chi connectivity index (χ1) is 7.58. The minimum atomic E-state index is -0.389. The number of anilines is 1. The van der Waals surface area contributed by atoms with Gasteiger partial charge in [-0.15, -0.1) is 0 Å². The van der Waals surface area contributed by atoms with Crippen molar-refractivity contribution in [2.24, 2.45) is 0 Å². The first-order valence-corrected chi connectivity index (χ1v) is 5.05. The van der Waals surface area contributed by atoms with E-state index < -0.39 is 0 Å². The van der Waals surface area contributed by atoms with Gasteiger partial charge in [-0.1, -0.05) is 24.2 Å². The predicted molar refractivity (Wildman–Crippen MR) is 62.9 cm³/mol. The number of hydrogen-bond donors (Lipinski definition) is 2. The highest BCUT2D eigenvalue weighted by Crippen LogP contribution is 2.08. The highest BCUT2D eigenvalue weighted by atomic mass is 35.5. The van der Waals surface area contributed by atoms with Crippen LogP contribution < -0.4 is 10.6 Å². The van der Waals surface area contributed by atoms with Crippen LogP contribution >= 0.6 is 11.6 Å². The second-order valence-electron chi connectivity index (χ2n) is 3.18. The Labute approximate surface area is 98.3 Å². The van der Waals surface area contributed by atoms with Crippen LogP contribution in [0.5, 0.6) is 0 Å². The highest BCUT2D eigenvalue weighted by Gasteiger charge is 2.02. The molecule has 1 rings (SSSR count). The molecule has 1 amide bonds. The van der Waals surface area contributed by atoms with Crippen LogP contribution in [0.2, 0.25) is 0 Å². The van der Waals surface area contributed by atoms with Gasteiger partial charge in [-0.05, 0) is 18.2 Å². The summed E-state index contributed by atoms with van der Waals surface area (Å²) < 4.78 is 12.8. The van der Waals surface area contributed by atoms with E-state index >= 15 is 0 Å². The number of amides is 1. The van der Waals surface area contributed by atoms with Crippen LogP contribution in [0.15, 0.2) is 35.9 Å². The van der Waals surface area contributed by atoms with Gasteiger partial charge in [0.15, 0.2) is 0 Å². The second kappa shape index (κ2) is 6.25. The third kappa shape index (κ3) is 4.91. The summed E-state index contributed by atoms with van der Waals surface area (Å²) >= 11 is 5.50. The molecule has 0 aliphatic carbocycles. The Hall–Kier alpha value is -1.39. The summed E-state index contributed by atoms with van der Waals surface area (Å²) in [4.78, 5) is 11.3. The van der Waals surface area contributed by atoms with Crippen molar-refractivity contribution in [2.75, 3.05) is 18.4 Å².